The summed E-state index contributed by atoms with van der Waals surface area (Å²) in [6, 6.07) is 6.40. The van der Waals surface area contributed by atoms with Crippen molar-refractivity contribution < 1.29 is 14.3 Å². The third-order valence-electron chi connectivity index (χ3n) is 5.97. The molecule has 0 radical (unpaired) electrons. The Hall–Kier alpha value is -3.22. The maximum Gasteiger partial charge on any atom is 0.305 e. The molecule has 38 heavy (non-hydrogen) atoms. The molecule has 3 aromatic heterocycles. The Morgan fingerprint density at radius 1 is 1.08 bits per heavy atom. The summed E-state index contributed by atoms with van der Waals surface area (Å²) >= 11 is 3.29. The van der Waals surface area contributed by atoms with Gasteiger partial charge in [0.1, 0.15) is 28.6 Å². The number of benzene rings is 1. The second-order valence-corrected chi connectivity index (χ2v) is 10.7. The van der Waals surface area contributed by atoms with Crippen LogP contribution in [0.2, 0.25) is 0 Å². The molecular weight excluding hydrogens is 522 g/mol. The van der Waals surface area contributed by atoms with Crippen LogP contribution in [0.4, 0.5) is 11.5 Å². The van der Waals surface area contributed by atoms with E-state index in [1.54, 1.807) is 49.4 Å². The van der Waals surface area contributed by atoms with Crippen molar-refractivity contribution in [2.45, 2.75) is 54.1 Å². The average Bonchev–Trinajstić information content (AvgIpc) is 3.34. The van der Waals surface area contributed by atoms with E-state index < -0.39 is 0 Å². The number of ether oxygens (including phenoxy) is 2. The minimum atomic E-state index is -0.120. The summed E-state index contributed by atoms with van der Waals surface area (Å²) in [6.45, 7) is 3.27. The Kier molecular flexibility index (Phi) is 8.72. The SMILES string of the molecule is CCOC(=O)CCCCCSc1ncnc2c1ncn2Cc1ccc2c(c1)N(COC)c1nccnc1S2. The molecule has 0 saturated heterocycles. The van der Waals surface area contributed by atoms with E-state index in [2.05, 4.69) is 43.1 Å². The molecule has 0 atom stereocenters. The van der Waals surface area contributed by atoms with E-state index in [-0.39, 0.29) is 5.97 Å². The lowest BCUT2D eigenvalue weighted by Gasteiger charge is -2.30. The summed E-state index contributed by atoms with van der Waals surface area (Å²) in [5.41, 5.74) is 3.77. The quantitative estimate of drug-likeness (QED) is 0.102. The predicted molar refractivity (Wildman–Crippen MR) is 147 cm³/mol. The Morgan fingerprint density at radius 3 is 2.84 bits per heavy atom. The van der Waals surface area contributed by atoms with Crippen LogP contribution in [0.3, 0.4) is 0 Å². The van der Waals surface area contributed by atoms with Gasteiger partial charge < -0.3 is 14.0 Å². The zero-order valence-electron chi connectivity index (χ0n) is 21.4. The van der Waals surface area contributed by atoms with Gasteiger partial charge in [0.25, 0.3) is 0 Å². The highest BCUT2D eigenvalue weighted by Crippen LogP contribution is 2.46. The fourth-order valence-electron chi connectivity index (χ4n) is 4.24. The number of esters is 1. The van der Waals surface area contributed by atoms with Crippen molar-refractivity contribution in [1.82, 2.24) is 29.5 Å². The maximum absolute atomic E-state index is 11.5. The number of hydrogen-bond donors (Lipinski definition) is 0. The van der Waals surface area contributed by atoms with Crippen LogP contribution < -0.4 is 4.90 Å². The van der Waals surface area contributed by atoms with E-state index in [0.717, 1.165) is 68.2 Å². The Balaban J connectivity index is 1.26. The summed E-state index contributed by atoms with van der Waals surface area (Å²) in [5, 5.41) is 1.74. The van der Waals surface area contributed by atoms with E-state index in [4.69, 9.17) is 9.47 Å². The van der Waals surface area contributed by atoms with Gasteiger partial charge in [-0.3, -0.25) is 9.69 Å². The van der Waals surface area contributed by atoms with Gasteiger partial charge in [0.05, 0.1) is 25.2 Å². The van der Waals surface area contributed by atoms with E-state index in [9.17, 15) is 4.79 Å². The highest BCUT2D eigenvalue weighted by atomic mass is 32.2. The topological polar surface area (TPSA) is 108 Å². The third kappa shape index (κ3) is 5.92. The fourth-order valence-corrected chi connectivity index (χ4v) is 6.17. The highest BCUT2D eigenvalue weighted by molar-refractivity contribution is 7.99. The summed E-state index contributed by atoms with van der Waals surface area (Å²) in [7, 11) is 1.68. The first-order valence-electron chi connectivity index (χ1n) is 12.5. The molecule has 12 heteroatoms. The fraction of sp³-hybridized carbons (Fsp3) is 0.385. The molecule has 4 aromatic rings. The molecule has 10 nitrogen and oxygen atoms in total. The molecule has 0 aliphatic carbocycles. The largest absolute Gasteiger partial charge is 0.466 e. The van der Waals surface area contributed by atoms with Gasteiger partial charge in [-0.1, -0.05) is 24.2 Å². The number of thioether (sulfide) groups is 1. The van der Waals surface area contributed by atoms with Gasteiger partial charge in [0.15, 0.2) is 11.5 Å². The molecule has 0 spiro atoms. The summed E-state index contributed by atoms with van der Waals surface area (Å²) < 4.78 is 12.5. The molecule has 5 rings (SSSR count). The van der Waals surface area contributed by atoms with Crippen LogP contribution in [-0.4, -0.2) is 61.7 Å². The number of carbonyl (C=O) groups excluding carboxylic acids is 1. The highest BCUT2D eigenvalue weighted by Gasteiger charge is 2.26. The second-order valence-electron chi connectivity index (χ2n) is 8.62. The lowest BCUT2D eigenvalue weighted by Crippen LogP contribution is -2.24. The molecule has 198 valence electrons. The molecule has 0 fully saturated rings. The zero-order chi connectivity index (χ0) is 26.3. The first-order chi connectivity index (χ1) is 18.7. The normalized spacial score (nSPS) is 12.4. The molecule has 0 N–H and O–H groups in total. The molecule has 4 heterocycles. The average molecular weight is 552 g/mol. The molecule has 0 saturated carbocycles. The first kappa shape index (κ1) is 26.4. The van der Waals surface area contributed by atoms with Crippen molar-refractivity contribution in [3.63, 3.8) is 0 Å². The van der Waals surface area contributed by atoms with Crippen molar-refractivity contribution in [3.8, 4) is 0 Å². The van der Waals surface area contributed by atoms with Gasteiger partial charge in [-0.25, -0.2) is 24.9 Å². The number of unbranched alkanes of at least 4 members (excludes halogenated alkanes) is 2. The molecule has 1 aromatic carbocycles. The number of rotatable bonds is 12. The summed E-state index contributed by atoms with van der Waals surface area (Å²) in [4.78, 5) is 37.3. The number of nitrogens with zero attached hydrogens (tertiary/aromatic N) is 7. The number of carbonyl (C=O) groups is 1. The smallest absolute Gasteiger partial charge is 0.305 e. The van der Waals surface area contributed by atoms with Crippen molar-refractivity contribution in [3.05, 3.63) is 48.8 Å². The van der Waals surface area contributed by atoms with Crippen LogP contribution in [0.15, 0.2) is 58.2 Å². The minimum Gasteiger partial charge on any atom is -0.466 e. The van der Waals surface area contributed by atoms with Gasteiger partial charge in [-0.15, -0.1) is 11.8 Å². The maximum atomic E-state index is 11.5. The van der Waals surface area contributed by atoms with Gasteiger partial charge in [0, 0.05) is 30.8 Å². The van der Waals surface area contributed by atoms with Gasteiger partial charge >= 0.3 is 5.97 Å². The lowest BCUT2D eigenvalue weighted by molar-refractivity contribution is -0.143. The van der Waals surface area contributed by atoms with E-state index in [1.807, 2.05) is 22.7 Å². The molecular formula is C26H29N7O3S2. The van der Waals surface area contributed by atoms with Gasteiger partial charge in [-0.05, 0) is 43.2 Å². The van der Waals surface area contributed by atoms with Crippen LogP contribution in [0.25, 0.3) is 11.2 Å². The molecule has 0 unspecified atom stereocenters. The molecule has 0 bridgehead atoms. The Labute approximate surface area is 229 Å². The molecule has 0 amide bonds. The Morgan fingerprint density at radius 2 is 1.97 bits per heavy atom. The van der Waals surface area contributed by atoms with Crippen LogP contribution >= 0.6 is 23.5 Å². The second kappa shape index (κ2) is 12.5. The van der Waals surface area contributed by atoms with Gasteiger partial charge in [-0.2, -0.15) is 0 Å². The van der Waals surface area contributed by atoms with Crippen LogP contribution in [0, 0.1) is 0 Å². The first-order valence-corrected chi connectivity index (χ1v) is 14.3. The van der Waals surface area contributed by atoms with Crippen LogP contribution in [0.1, 0.15) is 38.2 Å². The third-order valence-corrected chi connectivity index (χ3v) is 8.08. The van der Waals surface area contributed by atoms with Crippen molar-refractivity contribution in [2.24, 2.45) is 0 Å². The number of hydrogen-bond acceptors (Lipinski definition) is 11. The number of imidazole rings is 1. The van der Waals surface area contributed by atoms with E-state index >= 15 is 0 Å². The summed E-state index contributed by atoms with van der Waals surface area (Å²) in [6.07, 6.45) is 10.1. The number of methoxy groups -OCH3 is 1. The number of fused-ring (bicyclic) bond motifs is 3. The van der Waals surface area contributed by atoms with Crippen molar-refractivity contribution in [1.29, 1.82) is 0 Å². The monoisotopic (exact) mass is 551 g/mol. The number of anilines is 2. The zero-order valence-corrected chi connectivity index (χ0v) is 23.0. The lowest BCUT2D eigenvalue weighted by atomic mass is 10.2. The Bertz CT molecular complexity index is 1410. The standard InChI is InChI=1S/C26H29N7O3S2/c1-3-36-21(34)7-5-4-6-12-37-25-22-23(29-15-30-25)32(16-31-22)14-18-8-9-20-19(13-18)33(17-35-2)24-26(38-20)28-11-10-27-24/h8-11,13,15-16H,3-7,12,14,17H2,1-2H3. The van der Waals surface area contributed by atoms with Crippen molar-refractivity contribution >= 4 is 52.2 Å². The van der Waals surface area contributed by atoms with Crippen molar-refractivity contribution in [2.75, 3.05) is 31.1 Å². The summed E-state index contributed by atoms with van der Waals surface area (Å²) in [5.74, 6) is 1.59. The molecule has 1 aliphatic rings. The van der Waals surface area contributed by atoms with Crippen LogP contribution in [0.5, 0.6) is 0 Å². The minimum absolute atomic E-state index is 0.120. The van der Waals surface area contributed by atoms with E-state index in [0.29, 0.717) is 26.3 Å². The van der Waals surface area contributed by atoms with Crippen LogP contribution in [-0.2, 0) is 20.8 Å². The number of aromatic nitrogens is 6. The molecule has 1 aliphatic heterocycles. The van der Waals surface area contributed by atoms with Gasteiger partial charge in [0.2, 0.25) is 0 Å². The van der Waals surface area contributed by atoms with E-state index in [1.165, 1.54) is 0 Å². The predicted octanol–water partition coefficient (Wildman–Crippen LogP) is 5.09.